The molecule has 7 heteroatoms. The third kappa shape index (κ3) is 4.74. The summed E-state index contributed by atoms with van der Waals surface area (Å²) in [4.78, 5) is 25.5. The van der Waals surface area contributed by atoms with E-state index in [0.29, 0.717) is 5.02 Å². The molecule has 7 rings (SSSR count). The van der Waals surface area contributed by atoms with Crippen molar-refractivity contribution in [1.82, 2.24) is 14.5 Å². The van der Waals surface area contributed by atoms with Crippen LogP contribution in [0.1, 0.15) is 36.2 Å². The zero-order valence-corrected chi connectivity index (χ0v) is 22.8. The van der Waals surface area contributed by atoms with Crippen molar-refractivity contribution in [3.05, 3.63) is 134 Å². The zero-order chi connectivity index (χ0) is 27.1. The Hall–Kier alpha value is -4.13. The van der Waals surface area contributed by atoms with Gasteiger partial charge in [0.15, 0.2) is 6.17 Å². The van der Waals surface area contributed by atoms with Crippen molar-refractivity contribution in [2.24, 2.45) is 4.99 Å². The van der Waals surface area contributed by atoms with Crippen molar-refractivity contribution < 1.29 is 0 Å². The van der Waals surface area contributed by atoms with Crippen LogP contribution in [0.4, 0.5) is 5.69 Å². The average Bonchev–Trinajstić information content (AvgIpc) is 3.33. The molecule has 6 nitrogen and oxygen atoms in total. The highest BCUT2D eigenvalue weighted by atomic mass is 35.5. The lowest BCUT2D eigenvalue weighted by Gasteiger charge is -2.33. The molecule has 1 fully saturated rings. The number of imidazole rings is 1. The third-order valence-electron chi connectivity index (χ3n) is 8.08. The van der Waals surface area contributed by atoms with Crippen molar-refractivity contribution in [1.29, 1.82) is 0 Å². The predicted molar refractivity (Wildman–Crippen MR) is 161 cm³/mol. The average molecular weight is 548 g/mol. The number of rotatable bonds is 5. The predicted octanol–water partition coefficient (Wildman–Crippen LogP) is 5.40. The van der Waals surface area contributed by atoms with Gasteiger partial charge < -0.3 is 9.88 Å². The number of hydrogen-bond donors (Lipinski definition) is 1. The van der Waals surface area contributed by atoms with Gasteiger partial charge in [0.25, 0.3) is 0 Å². The number of para-hydroxylation sites is 3. The van der Waals surface area contributed by atoms with Gasteiger partial charge in [-0.15, -0.1) is 0 Å². The van der Waals surface area contributed by atoms with Gasteiger partial charge in [-0.05, 0) is 66.4 Å². The van der Waals surface area contributed by atoms with Gasteiger partial charge in [-0.3, -0.25) is 14.5 Å². The monoisotopic (exact) mass is 547 g/mol. The van der Waals surface area contributed by atoms with E-state index in [1.165, 1.54) is 5.56 Å². The molecule has 1 N–H and O–H groups in total. The summed E-state index contributed by atoms with van der Waals surface area (Å²) in [5.74, 6) is 0. The summed E-state index contributed by atoms with van der Waals surface area (Å²) in [6.45, 7) is 2.83. The van der Waals surface area contributed by atoms with Gasteiger partial charge in [0.1, 0.15) is 0 Å². The molecule has 5 aromatic rings. The number of aromatic amines is 1. The first kappa shape index (κ1) is 24.9. The molecule has 1 unspecified atom stereocenters. The molecule has 0 spiro atoms. The Morgan fingerprint density at radius 2 is 1.62 bits per heavy atom. The summed E-state index contributed by atoms with van der Waals surface area (Å²) in [6.07, 6.45) is 3.92. The van der Waals surface area contributed by atoms with Gasteiger partial charge in [0, 0.05) is 47.8 Å². The smallest absolute Gasteiger partial charge is 0.321 e. The highest BCUT2D eigenvalue weighted by Crippen LogP contribution is 2.30. The second-order valence-corrected chi connectivity index (χ2v) is 11.1. The van der Waals surface area contributed by atoms with Crippen LogP contribution < -0.4 is 21.2 Å². The number of nitrogens with one attached hydrogen (secondary N) is 1. The molecule has 0 amide bonds. The minimum Gasteiger partial charge on any atom is -0.321 e. The first-order valence-electron chi connectivity index (χ1n) is 13.8. The van der Waals surface area contributed by atoms with E-state index in [0.717, 1.165) is 65.3 Å². The second-order valence-electron chi connectivity index (χ2n) is 10.6. The molecule has 1 saturated heterocycles. The van der Waals surface area contributed by atoms with E-state index in [1.807, 2.05) is 53.1 Å². The number of aromatic nitrogens is 2. The fraction of sp³-hybridized carbons (Fsp3) is 0.212. The van der Waals surface area contributed by atoms with Crippen LogP contribution in [0.2, 0.25) is 5.02 Å². The van der Waals surface area contributed by atoms with Crippen molar-refractivity contribution in [3.63, 3.8) is 0 Å². The van der Waals surface area contributed by atoms with Crippen LogP contribution in [0.25, 0.3) is 17.2 Å². The molecule has 2 aliphatic rings. The highest BCUT2D eigenvalue weighted by Gasteiger charge is 2.24. The number of halogens is 1. The topological polar surface area (TPSA) is 56.6 Å². The summed E-state index contributed by atoms with van der Waals surface area (Å²) < 4.78 is 1.96. The zero-order valence-electron chi connectivity index (χ0n) is 22.1. The van der Waals surface area contributed by atoms with Crippen molar-refractivity contribution in [3.8, 4) is 0 Å². The van der Waals surface area contributed by atoms with E-state index in [1.54, 1.807) is 0 Å². The van der Waals surface area contributed by atoms with Crippen molar-refractivity contribution >= 4 is 34.5 Å². The fourth-order valence-electron chi connectivity index (χ4n) is 6.04. The van der Waals surface area contributed by atoms with Gasteiger partial charge in [0.2, 0.25) is 0 Å². The molecule has 1 atom stereocenters. The van der Waals surface area contributed by atoms with Gasteiger partial charge in [-0.1, -0.05) is 66.2 Å². The summed E-state index contributed by atoms with van der Waals surface area (Å²) in [7, 11) is 0. The third-order valence-corrected chi connectivity index (χ3v) is 8.31. The molecule has 1 aromatic heterocycles. The molecule has 0 radical (unpaired) electrons. The Kier molecular flexibility index (Phi) is 6.50. The molecule has 2 aliphatic heterocycles. The van der Waals surface area contributed by atoms with Crippen LogP contribution >= 0.6 is 11.6 Å². The van der Waals surface area contributed by atoms with Crippen LogP contribution in [-0.4, -0.2) is 27.5 Å². The number of hydrogen-bond acceptors (Lipinski definition) is 4. The largest absolute Gasteiger partial charge is 0.326 e. The van der Waals surface area contributed by atoms with E-state index in [4.69, 9.17) is 16.6 Å². The minimum atomic E-state index is -0.157. The maximum Gasteiger partial charge on any atom is 0.326 e. The van der Waals surface area contributed by atoms with E-state index < -0.39 is 0 Å². The highest BCUT2D eigenvalue weighted by molar-refractivity contribution is 6.30. The lowest BCUT2D eigenvalue weighted by Crippen LogP contribution is -2.38. The lowest BCUT2D eigenvalue weighted by atomic mass is 10.0. The normalized spacial score (nSPS) is 17.8. The molecule has 0 saturated carbocycles. The van der Waals surface area contributed by atoms with Crippen LogP contribution in [-0.2, 0) is 6.54 Å². The number of piperidine rings is 1. The molecule has 0 aliphatic carbocycles. The van der Waals surface area contributed by atoms with Gasteiger partial charge in [0.05, 0.1) is 16.4 Å². The standard InChI is InChI=1S/C33H30ClN5O/c34-26-14-15-29-25(20-26)22-38(27-6-2-1-3-7-27)32(35-29)24-12-10-23(11-13-24)21-37-18-16-28(17-19-37)39-31-9-5-4-8-30(31)36-33(39)40/h1-15,20,22,28,32H,16-19,21H2,(H,36,40). The molecular formula is C33H30ClN5O. The Morgan fingerprint density at radius 3 is 2.42 bits per heavy atom. The summed E-state index contributed by atoms with van der Waals surface area (Å²) >= 11 is 6.28. The van der Waals surface area contributed by atoms with E-state index in [9.17, 15) is 4.79 Å². The van der Waals surface area contributed by atoms with Gasteiger partial charge in [-0.25, -0.2) is 4.79 Å². The van der Waals surface area contributed by atoms with E-state index in [-0.39, 0.29) is 17.9 Å². The number of likely N-dealkylation sites (tertiary alicyclic amines) is 1. The molecular weight excluding hydrogens is 518 g/mol. The molecule has 4 aromatic carbocycles. The Morgan fingerprint density at radius 1 is 0.875 bits per heavy atom. The summed E-state index contributed by atoms with van der Waals surface area (Å²) in [6, 6.07) is 33.2. The van der Waals surface area contributed by atoms with Gasteiger partial charge >= 0.3 is 5.69 Å². The number of H-pyrrole nitrogens is 1. The molecule has 0 bridgehead atoms. The number of anilines is 1. The molecule has 3 heterocycles. The minimum absolute atomic E-state index is 0.00382. The van der Waals surface area contributed by atoms with Crippen LogP contribution in [0, 0.1) is 0 Å². The first-order valence-corrected chi connectivity index (χ1v) is 14.2. The number of benzene rings is 4. The SMILES string of the molecule is O=c1[nH]c2ccccc2n1C1CCN(Cc2ccc(C3N=c4ccc(Cl)cc4=CN3c3ccccc3)cc2)CC1. The number of fused-ring (bicyclic) bond motifs is 2. The number of nitrogens with zero attached hydrogens (tertiary/aromatic N) is 4. The van der Waals surface area contributed by atoms with E-state index >= 15 is 0 Å². The van der Waals surface area contributed by atoms with Crippen LogP contribution in [0.3, 0.4) is 0 Å². The van der Waals surface area contributed by atoms with Crippen molar-refractivity contribution in [2.75, 3.05) is 18.0 Å². The maximum absolute atomic E-state index is 12.6. The fourth-order valence-corrected chi connectivity index (χ4v) is 6.22. The van der Waals surface area contributed by atoms with Crippen LogP contribution in [0.5, 0.6) is 0 Å². The molecule has 40 heavy (non-hydrogen) atoms. The maximum atomic E-state index is 12.6. The van der Waals surface area contributed by atoms with Gasteiger partial charge in [-0.2, -0.15) is 0 Å². The van der Waals surface area contributed by atoms with Crippen LogP contribution in [0.15, 0.2) is 107 Å². The van der Waals surface area contributed by atoms with E-state index in [2.05, 4.69) is 69.5 Å². The quantitative estimate of drug-likeness (QED) is 0.321. The first-order chi connectivity index (χ1) is 19.6. The molecule has 200 valence electrons. The summed E-state index contributed by atoms with van der Waals surface area (Å²) in [5.41, 5.74) is 5.42. The second kappa shape index (κ2) is 10.5. The van der Waals surface area contributed by atoms with Crippen molar-refractivity contribution in [2.45, 2.75) is 31.6 Å². The summed E-state index contributed by atoms with van der Waals surface area (Å²) in [5, 5.41) is 2.67. The lowest BCUT2D eigenvalue weighted by molar-refractivity contribution is 0.180. The Bertz CT molecular complexity index is 1840. The Balaban J connectivity index is 1.08. The Labute approximate surface area is 237 Å².